The van der Waals surface area contributed by atoms with Crippen LogP contribution < -0.4 is 15.2 Å². The van der Waals surface area contributed by atoms with Crippen molar-refractivity contribution in [2.45, 2.75) is 6.42 Å². The predicted molar refractivity (Wildman–Crippen MR) is 63.0 cm³/mol. The van der Waals surface area contributed by atoms with Gasteiger partial charge in [0.1, 0.15) is 9.84 Å². The van der Waals surface area contributed by atoms with Gasteiger partial charge in [0.2, 0.25) is 17.7 Å². The second kappa shape index (κ2) is 5.17. The Morgan fingerprint density at radius 1 is 1.18 bits per heavy atom. The third-order valence-electron chi connectivity index (χ3n) is 2.06. The molecule has 8 heteroatoms. The first-order valence-corrected chi connectivity index (χ1v) is 6.85. The molecule has 0 atom stereocenters. The summed E-state index contributed by atoms with van der Waals surface area (Å²) in [6.07, 6.45) is 1.37. The molecule has 0 aliphatic rings. The summed E-state index contributed by atoms with van der Waals surface area (Å²) in [4.78, 5) is 7.74. The lowest BCUT2D eigenvalue weighted by atomic mass is 10.2. The van der Waals surface area contributed by atoms with Crippen LogP contribution in [0.15, 0.2) is 0 Å². The molecule has 96 valence electrons. The van der Waals surface area contributed by atoms with Crippen LogP contribution in [0.4, 0.5) is 5.95 Å². The fourth-order valence-corrected chi connectivity index (χ4v) is 1.87. The first kappa shape index (κ1) is 13.5. The summed E-state index contributed by atoms with van der Waals surface area (Å²) in [5, 5.41) is 0. The highest BCUT2D eigenvalue weighted by molar-refractivity contribution is 7.90. The Morgan fingerprint density at radius 3 is 2.00 bits per heavy atom. The molecule has 0 aliphatic carbocycles. The normalized spacial score (nSPS) is 11.2. The van der Waals surface area contributed by atoms with Gasteiger partial charge in [0.25, 0.3) is 0 Å². The van der Waals surface area contributed by atoms with E-state index < -0.39 is 9.84 Å². The van der Waals surface area contributed by atoms with E-state index in [4.69, 9.17) is 15.2 Å². The van der Waals surface area contributed by atoms with Gasteiger partial charge in [0, 0.05) is 6.26 Å². The van der Waals surface area contributed by atoms with Gasteiger partial charge in [-0.3, -0.25) is 0 Å². The Kier molecular flexibility index (Phi) is 4.11. The molecular weight excluding hydrogens is 246 g/mol. The van der Waals surface area contributed by atoms with E-state index in [0.717, 1.165) is 6.26 Å². The molecule has 0 bridgehead atoms. The maximum atomic E-state index is 11.1. The third kappa shape index (κ3) is 3.74. The molecular formula is C9H15N3O4S. The van der Waals surface area contributed by atoms with Crippen molar-refractivity contribution in [3.8, 4) is 11.8 Å². The van der Waals surface area contributed by atoms with Crippen molar-refractivity contribution < 1.29 is 17.9 Å². The molecule has 0 aliphatic heterocycles. The van der Waals surface area contributed by atoms with Crippen molar-refractivity contribution in [2.24, 2.45) is 0 Å². The van der Waals surface area contributed by atoms with Crippen LogP contribution in [-0.2, 0) is 16.3 Å². The number of sulfone groups is 1. The summed E-state index contributed by atoms with van der Waals surface area (Å²) in [7, 11) is -0.237. The van der Waals surface area contributed by atoms with Crippen LogP contribution in [0.2, 0.25) is 0 Å². The molecule has 0 amide bonds. The lowest BCUT2D eigenvalue weighted by Gasteiger charge is -2.11. The average Bonchev–Trinajstić information content (AvgIpc) is 2.24. The Morgan fingerprint density at radius 2 is 1.65 bits per heavy atom. The molecule has 0 unspecified atom stereocenters. The minimum absolute atomic E-state index is 0.0156. The molecule has 0 aromatic carbocycles. The zero-order valence-corrected chi connectivity index (χ0v) is 10.7. The van der Waals surface area contributed by atoms with Crippen molar-refractivity contribution in [3.63, 3.8) is 0 Å². The van der Waals surface area contributed by atoms with E-state index in [0.29, 0.717) is 5.56 Å². The third-order valence-corrected chi connectivity index (χ3v) is 3.00. The molecule has 0 saturated heterocycles. The van der Waals surface area contributed by atoms with Crippen LogP contribution in [0.5, 0.6) is 11.8 Å². The molecule has 7 nitrogen and oxygen atoms in total. The summed E-state index contributed by atoms with van der Waals surface area (Å²) < 4.78 is 32.3. The van der Waals surface area contributed by atoms with Gasteiger partial charge in [0.05, 0.1) is 25.5 Å². The number of aromatic nitrogens is 2. The average molecular weight is 261 g/mol. The maximum absolute atomic E-state index is 11.1. The summed E-state index contributed by atoms with van der Waals surface area (Å²) in [6.45, 7) is 0. The second-order valence-corrected chi connectivity index (χ2v) is 5.72. The Hall–Kier alpha value is -1.57. The summed E-state index contributed by atoms with van der Waals surface area (Å²) in [6, 6.07) is 0. The second-order valence-electron chi connectivity index (χ2n) is 3.46. The highest BCUT2D eigenvalue weighted by atomic mass is 32.2. The number of anilines is 1. The van der Waals surface area contributed by atoms with E-state index in [-0.39, 0.29) is 29.9 Å². The van der Waals surface area contributed by atoms with Crippen LogP contribution in [0.1, 0.15) is 5.56 Å². The van der Waals surface area contributed by atoms with Gasteiger partial charge in [-0.1, -0.05) is 0 Å². The minimum atomic E-state index is -3.08. The topological polar surface area (TPSA) is 104 Å². The van der Waals surface area contributed by atoms with E-state index in [1.165, 1.54) is 14.2 Å². The van der Waals surface area contributed by atoms with Gasteiger partial charge in [-0.15, -0.1) is 0 Å². The largest absolute Gasteiger partial charge is 0.481 e. The molecule has 1 aromatic heterocycles. The van der Waals surface area contributed by atoms with Gasteiger partial charge < -0.3 is 15.2 Å². The Bertz CT molecular complexity index is 476. The molecule has 0 saturated carbocycles. The predicted octanol–water partition coefficient (Wildman–Crippen LogP) is -0.337. The van der Waals surface area contributed by atoms with E-state index in [1.807, 2.05) is 0 Å². The molecule has 2 N–H and O–H groups in total. The van der Waals surface area contributed by atoms with Gasteiger partial charge >= 0.3 is 0 Å². The standard InChI is InChI=1S/C9H15N3O4S/c1-15-7-6(4-5-17(3,13)14)8(16-2)12-9(10)11-7/h4-5H2,1-3H3,(H2,10,11,12). The van der Waals surface area contributed by atoms with Gasteiger partial charge in [0.15, 0.2) is 0 Å². The fraction of sp³-hybridized carbons (Fsp3) is 0.556. The Labute approximate surface area is 99.9 Å². The smallest absolute Gasteiger partial charge is 0.226 e. The first-order chi connectivity index (χ1) is 7.87. The van der Waals surface area contributed by atoms with Crippen molar-refractivity contribution >= 4 is 15.8 Å². The Balaban J connectivity index is 3.11. The number of rotatable bonds is 5. The summed E-state index contributed by atoms with van der Waals surface area (Å²) in [5.41, 5.74) is 5.96. The number of nitrogens with zero attached hydrogens (tertiary/aromatic N) is 2. The van der Waals surface area contributed by atoms with E-state index in [2.05, 4.69) is 9.97 Å². The number of hydrogen-bond donors (Lipinski definition) is 1. The van der Waals surface area contributed by atoms with Crippen molar-refractivity contribution in [1.29, 1.82) is 0 Å². The summed E-state index contributed by atoms with van der Waals surface area (Å²) in [5.74, 6) is 0.449. The van der Waals surface area contributed by atoms with Crippen LogP contribution in [0.25, 0.3) is 0 Å². The van der Waals surface area contributed by atoms with Crippen LogP contribution in [0.3, 0.4) is 0 Å². The molecule has 1 rings (SSSR count). The van der Waals surface area contributed by atoms with Gasteiger partial charge in [-0.05, 0) is 6.42 Å². The number of nitrogen functional groups attached to an aromatic ring is 1. The van der Waals surface area contributed by atoms with Gasteiger partial charge in [-0.25, -0.2) is 8.42 Å². The quantitative estimate of drug-likeness (QED) is 0.773. The highest BCUT2D eigenvalue weighted by Gasteiger charge is 2.16. The first-order valence-electron chi connectivity index (χ1n) is 4.79. The number of ether oxygens (including phenoxy) is 2. The fourth-order valence-electron chi connectivity index (χ4n) is 1.30. The molecule has 1 heterocycles. The zero-order chi connectivity index (χ0) is 13.1. The van der Waals surface area contributed by atoms with Crippen molar-refractivity contribution in [1.82, 2.24) is 9.97 Å². The van der Waals surface area contributed by atoms with Crippen molar-refractivity contribution in [3.05, 3.63) is 5.56 Å². The van der Waals surface area contributed by atoms with E-state index in [1.54, 1.807) is 0 Å². The molecule has 0 fully saturated rings. The van der Waals surface area contributed by atoms with Crippen LogP contribution in [-0.4, -0.2) is 44.6 Å². The molecule has 1 aromatic rings. The molecule has 17 heavy (non-hydrogen) atoms. The lowest BCUT2D eigenvalue weighted by molar-refractivity contribution is 0.364. The number of nitrogens with two attached hydrogens (primary N) is 1. The SMILES string of the molecule is COc1nc(N)nc(OC)c1CCS(C)(=O)=O. The number of methoxy groups -OCH3 is 2. The maximum Gasteiger partial charge on any atom is 0.226 e. The highest BCUT2D eigenvalue weighted by Crippen LogP contribution is 2.26. The van der Waals surface area contributed by atoms with E-state index >= 15 is 0 Å². The minimum Gasteiger partial charge on any atom is -0.481 e. The monoisotopic (exact) mass is 261 g/mol. The summed E-state index contributed by atoms with van der Waals surface area (Å²) >= 11 is 0. The number of hydrogen-bond acceptors (Lipinski definition) is 7. The lowest BCUT2D eigenvalue weighted by Crippen LogP contribution is -2.11. The molecule has 0 spiro atoms. The van der Waals surface area contributed by atoms with Crippen LogP contribution in [0, 0.1) is 0 Å². The van der Waals surface area contributed by atoms with Crippen molar-refractivity contribution in [2.75, 3.05) is 32.0 Å². The zero-order valence-electron chi connectivity index (χ0n) is 9.93. The van der Waals surface area contributed by atoms with E-state index in [9.17, 15) is 8.42 Å². The van der Waals surface area contributed by atoms with Gasteiger partial charge in [-0.2, -0.15) is 9.97 Å². The molecule has 0 radical (unpaired) electrons. The van der Waals surface area contributed by atoms with Crippen LogP contribution >= 0.6 is 0 Å².